The first-order valence-corrected chi connectivity index (χ1v) is 15.8. The number of H-pyrrole nitrogens is 1. The molecular formula is C39H34N4O6. The van der Waals surface area contributed by atoms with Crippen LogP contribution in [0.2, 0.25) is 0 Å². The molecule has 0 fully saturated rings. The maximum atomic E-state index is 12.4. The molecule has 0 bridgehead atoms. The number of aromatic carboxylic acids is 1. The minimum atomic E-state index is -1.00. The number of hydrogen-bond acceptors (Lipinski definition) is 7. The molecule has 1 atom stereocenters. The fourth-order valence-corrected chi connectivity index (χ4v) is 5.47. The van der Waals surface area contributed by atoms with Crippen LogP contribution in [0, 0.1) is 0 Å². The molecule has 246 valence electrons. The highest BCUT2D eigenvalue weighted by Crippen LogP contribution is 2.34. The van der Waals surface area contributed by atoms with E-state index >= 15 is 0 Å². The first-order valence-electron chi connectivity index (χ1n) is 15.8. The van der Waals surface area contributed by atoms with Crippen LogP contribution < -0.4 is 5.32 Å². The van der Waals surface area contributed by atoms with Gasteiger partial charge in [-0.25, -0.2) is 14.6 Å². The number of aryl methyl sites for hydroxylation is 1. The van der Waals surface area contributed by atoms with Crippen molar-refractivity contribution in [3.8, 4) is 33.9 Å². The lowest BCUT2D eigenvalue weighted by atomic mass is 10.00. The summed E-state index contributed by atoms with van der Waals surface area (Å²) in [7, 11) is 1.31. The molecule has 5 aromatic rings. The van der Waals surface area contributed by atoms with Crippen molar-refractivity contribution in [1.82, 2.24) is 15.3 Å². The molecule has 1 unspecified atom stereocenters. The summed E-state index contributed by atoms with van der Waals surface area (Å²) < 4.78 is 4.77. The number of aromatic amines is 1. The Labute approximate surface area is 283 Å². The SMILES string of the molecule is COC(=O)C1CC(c2ccc(-c3nc(-c4ccc(C(=O)O)cc4)[nH]c3-c3ccc(/C=C/C(=O)NCCCc4ccccc4)cc3)cc2)=NO1. The molecule has 0 spiro atoms. The van der Waals surface area contributed by atoms with Gasteiger partial charge < -0.3 is 25.0 Å². The number of benzene rings is 4. The van der Waals surface area contributed by atoms with Crippen molar-refractivity contribution in [3.05, 3.63) is 131 Å². The van der Waals surface area contributed by atoms with E-state index in [9.17, 15) is 19.5 Å². The second-order valence-electron chi connectivity index (χ2n) is 11.5. The van der Waals surface area contributed by atoms with Crippen LogP contribution >= 0.6 is 0 Å². The van der Waals surface area contributed by atoms with E-state index in [1.165, 1.54) is 18.7 Å². The largest absolute Gasteiger partial charge is 0.478 e. The van der Waals surface area contributed by atoms with Gasteiger partial charge >= 0.3 is 11.9 Å². The predicted octanol–water partition coefficient (Wildman–Crippen LogP) is 6.54. The molecule has 0 saturated carbocycles. The summed E-state index contributed by atoms with van der Waals surface area (Å²) in [6.07, 6.45) is 4.63. The van der Waals surface area contributed by atoms with Crippen molar-refractivity contribution in [2.45, 2.75) is 25.4 Å². The third-order valence-electron chi connectivity index (χ3n) is 8.14. The zero-order chi connectivity index (χ0) is 34.2. The number of nitrogens with zero attached hydrogens (tertiary/aromatic N) is 2. The molecule has 1 aromatic heterocycles. The normalized spacial score (nSPS) is 13.9. The number of nitrogens with one attached hydrogen (secondary N) is 2. The minimum Gasteiger partial charge on any atom is -0.478 e. The number of methoxy groups -OCH3 is 1. The monoisotopic (exact) mass is 654 g/mol. The number of carboxylic acid groups (broad SMARTS) is 1. The first-order chi connectivity index (χ1) is 23.9. The Morgan fingerprint density at radius 1 is 0.898 bits per heavy atom. The van der Waals surface area contributed by atoms with Crippen LogP contribution in [0.25, 0.3) is 40.0 Å². The Balaban J connectivity index is 1.19. The molecule has 6 rings (SSSR count). The van der Waals surface area contributed by atoms with E-state index in [2.05, 4.69) is 27.6 Å². The van der Waals surface area contributed by atoms with E-state index in [-0.39, 0.29) is 11.5 Å². The van der Waals surface area contributed by atoms with Gasteiger partial charge in [0.05, 0.1) is 29.8 Å². The smallest absolute Gasteiger partial charge is 0.350 e. The molecule has 4 aromatic carbocycles. The lowest BCUT2D eigenvalue weighted by Crippen LogP contribution is -2.22. The first kappa shape index (κ1) is 32.6. The number of esters is 1. The van der Waals surface area contributed by atoms with Crippen LogP contribution in [-0.4, -0.2) is 58.4 Å². The van der Waals surface area contributed by atoms with Gasteiger partial charge in [-0.1, -0.05) is 96.2 Å². The van der Waals surface area contributed by atoms with E-state index in [1.54, 1.807) is 30.3 Å². The molecule has 1 aliphatic rings. The molecule has 2 heterocycles. The lowest BCUT2D eigenvalue weighted by molar-refractivity contribution is -0.152. The topological polar surface area (TPSA) is 143 Å². The fraction of sp³-hybridized carbons (Fsp3) is 0.154. The van der Waals surface area contributed by atoms with Crippen LogP contribution in [0.5, 0.6) is 0 Å². The third-order valence-corrected chi connectivity index (χ3v) is 8.14. The number of amides is 1. The second kappa shape index (κ2) is 15.1. The second-order valence-corrected chi connectivity index (χ2v) is 11.5. The van der Waals surface area contributed by atoms with Gasteiger partial charge in [-0.2, -0.15) is 0 Å². The standard InChI is InChI=1S/C39H34N4O6/c1-48-39(47)33-24-32(43-49-33)27-14-16-29(17-15-27)36-35(41-37(42-36)30-18-20-31(21-19-30)38(45)46)28-12-9-26(10-13-28)11-22-34(44)40-23-5-8-25-6-3-2-4-7-25/h2-4,6-7,9-22,33H,5,8,23-24H2,1H3,(H,40,44)(H,41,42)(H,45,46)/b22-11+. The van der Waals surface area contributed by atoms with E-state index in [0.717, 1.165) is 46.4 Å². The Hall–Kier alpha value is -6.29. The van der Waals surface area contributed by atoms with E-state index in [0.29, 0.717) is 30.2 Å². The summed E-state index contributed by atoms with van der Waals surface area (Å²) in [6.45, 7) is 0.595. The average Bonchev–Trinajstić information content (AvgIpc) is 3.82. The van der Waals surface area contributed by atoms with Crippen molar-refractivity contribution in [1.29, 1.82) is 0 Å². The summed E-state index contributed by atoms with van der Waals surface area (Å²) in [5, 5.41) is 16.3. The highest BCUT2D eigenvalue weighted by molar-refractivity contribution is 6.04. The Bertz CT molecular complexity index is 2000. The molecule has 0 radical (unpaired) electrons. The number of aromatic nitrogens is 2. The van der Waals surface area contributed by atoms with Gasteiger partial charge in [0.2, 0.25) is 12.0 Å². The number of imidazole rings is 1. The van der Waals surface area contributed by atoms with Crippen LogP contribution in [0.15, 0.2) is 114 Å². The third kappa shape index (κ3) is 7.99. The molecule has 0 saturated heterocycles. The van der Waals surface area contributed by atoms with Gasteiger partial charge in [-0.15, -0.1) is 0 Å². The number of ether oxygens (including phenoxy) is 1. The van der Waals surface area contributed by atoms with Gasteiger partial charge in [0, 0.05) is 35.7 Å². The highest BCUT2D eigenvalue weighted by atomic mass is 16.7. The average molecular weight is 655 g/mol. The van der Waals surface area contributed by atoms with Crippen LogP contribution in [0.3, 0.4) is 0 Å². The summed E-state index contributed by atoms with van der Waals surface area (Å²) >= 11 is 0. The minimum absolute atomic E-state index is 0.147. The van der Waals surface area contributed by atoms with E-state index in [4.69, 9.17) is 14.6 Å². The van der Waals surface area contributed by atoms with Crippen LogP contribution in [0.4, 0.5) is 0 Å². The van der Waals surface area contributed by atoms with Crippen molar-refractivity contribution in [3.63, 3.8) is 0 Å². The van der Waals surface area contributed by atoms with Crippen molar-refractivity contribution in [2.75, 3.05) is 13.7 Å². The van der Waals surface area contributed by atoms with Gasteiger partial charge in [0.15, 0.2) is 0 Å². The van der Waals surface area contributed by atoms with Gasteiger partial charge in [-0.05, 0) is 47.7 Å². The summed E-state index contributed by atoms with van der Waals surface area (Å²) in [4.78, 5) is 49.3. The molecule has 3 N–H and O–H groups in total. The number of hydrogen-bond donors (Lipinski definition) is 3. The zero-order valence-electron chi connectivity index (χ0n) is 26.8. The fourth-order valence-electron chi connectivity index (χ4n) is 5.47. The number of carbonyl (C=O) groups excluding carboxylic acids is 2. The summed E-state index contributed by atoms with van der Waals surface area (Å²) in [5.74, 6) is -1.04. The van der Waals surface area contributed by atoms with E-state index in [1.807, 2.05) is 66.7 Å². The molecule has 0 aliphatic carbocycles. The Morgan fingerprint density at radius 2 is 1.57 bits per heavy atom. The van der Waals surface area contributed by atoms with Gasteiger partial charge in [0.1, 0.15) is 5.82 Å². The lowest BCUT2D eigenvalue weighted by Gasteiger charge is -2.06. The van der Waals surface area contributed by atoms with Gasteiger partial charge in [0.25, 0.3) is 0 Å². The molecule has 1 aliphatic heterocycles. The highest BCUT2D eigenvalue weighted by Gasteiger charge is 2.29. The zero-order valence-corrected chi connectivity index (χ0v) is 26.8. The molecule has 1 amide bonds. The Morgan fingerprint density at radius 3 is 2.27 bits per heavy atom. The molecule has 10 nitrogen and oxygen atoms in total. The van der Waals surface area contributed by atoms with Crippen molar-refractivity contribution in [2.24, 2.45) is 5.16 Å². The molecule has 49 heavy (non-hydrogen) atoms. The number of oxime groups is 1. The van der Waals surface area contributed by atoms with E-state index < -0.39 is 18.0 Å². The summed E-state index contributed by atoms with van der Waals surface area (Å²) in [5.41, 5.74) is 7.65. The van der Waals surface area contributed by atoms with Crippen molar-refractivity contribution < 1.29 is 29.1 Å². The Kier molecular flexibility index (Phi) is 10.0. The predicted molar refractivity (Wildman–Crippen MR) is 187 cm³/mol. The van der Waals surface area contributed by atoms with Crippen LogP contribution in [0.1, 0.15) is 39.9 Å². The maximum Gasteiger partial charge on any atom is 0.350 e. The molecule has 10 heteroatoms. The quantitative estimate of drug-likeness (QED) is 0.0788. The van der Waals surface area contributed by atoms with Crippen molar-refractivity contribution >= 4 is 29.6 Å². The summed E-state index contributed by atoms with van der Waals surface area (Å²) in [6, 6.07) is 32.1. The van der Waals surface area contributed by atoms with Crippen LogP contribution in [-0.2, 0) is 25.6 Å². The maximum absolute atomic E-state index is 12.4. The number of rotatable bonds is 12. The number of carboxylic acids is 1. The number of carbonyl (C=O) groups is 3. The molecular weight excluding hydrogens is 620 g/mol. The van der Waals surface area contributed by atoms with Gasteiger partial charge in [-0.3, -0.25) is 4.79 Å².